The number of hydrogen-bond donors (Lipinski definition) is 1. The quantitative estimate of drug-likeness (QED) is 0.903. The van der Waals surface area contributed by atoms with Gasteiger partial charge in [0, 0.05) is 19.1 Å². The van der Waals surface area contributed by atoms with Crippen LogP contribution in [-0.4, -0.2) is 31.8 Å². The molecule has 0 saturated carbocycles. The lowest BCUT2D eigenvalue weighted by Gasteiger charge is -2.16. The third-order valence-electron chi connectivity index (χ3n) is 3.10. The van der Waals surface area contributed by atoms with Crippen molar-refractivity contribution in [3.8, 4) is 5.75 Å². The number of para-hydroxylation sites is 1. The minimum Gasteiger partial charge on any atom is -0.480 e. The molecule has 1 saturated heterocycles. The Bertz CT molecular complexity index is 432. The van der Waals surface area contributed by atoms with Crippen LogP contribution < -0.4 is 10.1 Å². The van der Waals surface area contributed by atoms with Crippen LogP contribution >= 0.6 is 15.9 Å². The van der Waals surface area contributed by atoms with Gasteiger partial charge in [0.1, 0.15) is 5.75 Å². The van der Waals surface area contributed by atoms with E-state index in [1.807, 2.05) is 24.3 Å². The normalized spacial score (nSPS) is 20.0. The molecule has 0 bridgehead atoms. The molecular formula is C14H18BrNO3. The smallest absolute Gasteiger partial charge is 0.260 e. The molecule has 2 rings (SSSR count). The fourth-order valence-corrected chi connectivity index (χ4v) is 2.30. The molecule has 1 aliphatic rings. The highest BCUT2D eigenvalue weighted by Gasteiger charge is 2.19. The van der Waals surface area contributed by atoms with Gasteiger partial charge in [-0.25, -0.2) is 0 Å². The Morgan fingerprint density at radius 1 is 1.58 bits per heavy atom. The second kappa shape index (κ2) is 6.91. The van der Waals surface area contributed by atoms with Crippen molar-refractivity contribution in [2.45, 2.75) is 19.4 Å². The van der Waals surface area contributed by atoms with Gasteiger partial charge in [-0.3, -0.25) is 4.79 Å². The monoisotopic (exact) mass is 327 g/mol. The van der Waals surface area contributed by atoms with Crippen LogP contribution in [0.15, 0.2) is 28.7 Å². The second-order valence-electron chi connectivity index (χ2n) is 4.67. The summed E-state index contributed by atoms with van der Waals surface area (Å²) < 4.78 is 11.8. The zero-order chi connectivity index (χ0) is 13.7. The Balaban J connectivity index is 1.80. The molecular weight excluding hydrogens is 310 g/mol. The van der Waals surface area contributed by atoms with Crippen molar-refractivity contribution in [1.29, 1.82) is 0 Å². The molecule has 1 aromatic rings. The molecule has 1 aliphatic heterocycles. The van der Waals surface area contributed by atoms with Crippen LogP contribution in [0, 0.1) is 5.92 Å². The molecule has 1 fully saturated rings. The summed E-state index contributed by atoms with van der Waals surface area (Å²) in [5, 5.41) is 2.90. The van der Waals surface area contributed by atoms with Gasteiger partial charge in [0.25, 0.3) is 5.91 Å². The fourth-order valence-electron chi connectivity index (χ4n) is 1.92. The molecule has 4 nitrogen and oxygen atoms in total. The highest BCUT2D eigenvalue weighted by molar-refractivity contribution is 9.10. The van der Waals surface area contributed by atoms with Gasteiger partial charge >= 0.3 is 0 Å². The van der Waals surface area contributed by atoms with Gasteiger partial charge < -0.3 is 14.8 Å². The molecule has 1 aromatic carbocycles. The number of amides is 1. The molecule has 2 atom stereocenters. The van der Waals surface area contributed by atoms with E-state index < -0.39 is 6.10 Å². The molecule has 0 spiro atoms. The maximum Gasteiger partial charge on any atom is 0.260 e. The lowest BCUT2D eigenvalue weighted by Crippen LogP contribution is -2.39. The van der Waals surface area contributed by atoms with Crippen molar-refractivity contribution < 1.29 is 14.3 Å². The highest BCUT2D eigenvalue weighted by atomic mass is 79.9. The summed E-state index contributed by atoms with van der Waals surface area (Å²) in [6.45, 7) is 3.94. The van der Waals surface area contributed by atoms with E-state index in [4.69, 9.17) is 9.47 Å². The number of carbonyl (C=O) groups is 1. The van der Waals surface area contributed by atoms with Crippen molar-refractivity contribution in [2.75, 3.05) is 19.8 Å². The first kappa shape index (κ1) is 14.3. The Labute approximate surface area is 121 Å². The minimum atomic E-state index is -0.513. The van der Waals surface area contributed by atoms with Crippen molar-refractivity contribution in [3.05, 3.63) is 28.7 Å². The number of ether oxygens (including phenoxy) is 2. The van der Waals surface area contributed by atoms with Gasteiger partial charge in [0.05, 0.1) is 11.1 Å². The summed E-state index contributed by atoms with van der Waals surface area (Å²) in [6.07, 6.45) is 0.501. The van der Waals surface area contributed by atoms with Crippen LogP contribution in [0.2, 0.25) is 0 Å². The number of halogens is 1. The Morgan fingerprint density at radius 3 is 3.05 bits per heavy atom. The van der Waals surface area contributed by atoms with E-state index in [1.165, 1.54) is 0 Å². The van der Waals surface area contributed by atoms with Crippen molar-refractivity contribution in [2.24, 2.45) is 5.92 Å². The van der Waals surface area contributed by atoms with E-state index in [0.29, 0.717) is 18.2 Å². The molecule has 5 heteroatoms. The lowest BCUT2D eigenvalue weighted by molar-refractivity contribution is -0.127. The predicted octanol–water partition coefficient (Wildman–Crippen LogP) is 2.37. The molecule has 19 heavy (non-hydrogen) atoms. The van der Waals surface area contributed by atoms with Gasteiger partial charge in [-0.15, -0.1) is 0 Å². The van der Waals surface area contributed by atoms with Crippen molar-refractivity contribution >= 4 is 21.8 Å². The van der Waals surface area contributed by atoms with Crippen LogP contribution in [0.5, 0.6) is 5.75 Å². The highest BCUT2D eigenvalue weighted by Crippen LogP contribution is 2.24. The topological polar surface area (TPSA) is 47.6 Å². The summed E-state index contributed by atoms with van der Waals surface area (Å²) in [5.41, 5.74) is 0. The van der Waals surface area contributed by atoms with Crippen molar-refractivity contribution in [3.63, 3.8) is 0 Å². The number of rotatable bonds is 5. The SMILES string of the molecule is C[C@H](Oc1ccccc1Br)C(=O)NC[C@H]1CCOC1. The molecule has 1 N–H and O–H groups in total. The average molecular weight is 328 g/mol. The van der Waals surface area contributed by atoms with Crippen molar-refractivity contribution in [1.82, 2.24) is 5.32 Å². The van der Waals surface area contributed by atoms with E-state index in [9.17, 15) is 4.79 Å². The van der Waals surface area contributed by atoms with E-state index in [-0.39, 0.29) is 5.91 Å². The molecule has 1 heterocycles. The Hall–Kier alpha value is -1.07. The zero-order valence-electron chi connectivity index (χ0n) is 10.9. The largest absolute Gasteiger partial charge is 0.480 e. The minimum absolute atomic E-state index is 0.0948. The summed E-state index contributed by atoms with van der Waals surface area (Å²) in [7, 11) is 0. The maximum absolute atomic E-state index is 11.9. The molecule has 0 unspecified atom stereocenters. The van der Waals surface area contributed by atoms with Crippen LogP contribution in [0.3, 0.4) is 0 Å². The Kier molecular flexibility index (Phi) is 5.22. The third-order valence-corrected chi connectivity index (χ3v) is 3.75. The third kappa shape index (κ3) is 4.21. The number of benzene rings is 1. The van der Waals surface area contributed by atoms with Gasteiger partial charge in [0.2, 0.25) is 0 Å². The summed E-state index contributed by atoms with van der Waals surface area (Å²) in [4.78, 5) is 11.9. The van der Waals surface area contributed by atoms with Crippen LogP contribution in [-0.2, 0) is 9.53 Å². The van der Waals surface area contributed by atoms with Gasteiger partial charge in [-0.2, -0.15) is 0 Å². The van der Waals surface area contributed by atoms with Gasteiger partial charge in [0.15, 0.2) is 6.10 Å². The van der Waals surface area contributed by atoms with E-state index in [1.54, 1.807) is 6.92 Å². The van der Waals surface area contributed by atoms with Crippen LogP contribution in [0.25, 0.3) is 0 Å². The van der Waals surface area contributed by atoms with Crippen LogP contribution in [0.4, 0.5) is 0 Å². The first-order chi connectivity index (χ1) is 9.16. The van der Waals surface area contributed by atoms with Gasteiger partial charge in [-0.05, 0) is 41.4 Å². The molecule has 0 radical (unpaired) electrons. The number of carbonyl (C=O) groups excluding carboxylic acids is 1. The van der Waals surface area contributed by atoms with Crippen LogP contribution in [0.1, 0.15) is 13.3 Å². The zero-order valence-corrected chi connectivity index (χ0v) is 12.5. The molecule has 0 aromatic heterocycles. The van der Waals surface area contributed by atoms with E-state index in [2.05, 4.69) is 21.2 Å². The fraction of sp³-hybridized carbons (Fsp3) is 0.500. The standard InChI is InChI=1S/C14H18BrNO3/c1-10(19-13-5-3-2-4-12(13)15)14(17)16-8-11-6-7-18-9-11/h2-5,10-11H,6-9H2,1H3,(H,16,17)/t10-,11+/m0/s1. The number of nitrogens with one attached hydrogen (secondary N) is 1. The van der Waals surface area contributed by atoms with E-state index >= 15 is 0 Å². The van der Waals surface area contributed by atoms with Gasteiger partial charge in [-0.1, -0.05) is 12.1 Å². The summed E-state index contributed by atoms with van der Waals surface area (Å²) in [5.74, 6) is 1.01. The molecule has 1 amide bonds. The molecule has 104 valence electrons. The predicted molar refractivity (Wildman–Crippen MR) is 76.2 cm³/mol. The summed E-state index contributed by atoms with van der Waals surface area (Å²) >= 11 is 3.39. The first-order valence-electron chi connectivity index (χ1n) is 6.43. The number of hydrogen-bond acceptors (Lipinski definition) is 3. The van der Waals surface area contributed by atoms with E-state index in [0.717, 1.165) is 24.1 Å². The Morgan fingerprint density at radius 2 is 2.37 bits per heavy atom. The summed E-state index contributed by atoms with van der Waals surface area (Å²) in [6, 6.07) is 7.50. The lowest BCUT2D eigenvalue weighted by atomic mass is 10.1. The average Bonchev–Trinajstić information content (AvgIpc) is 2.91. The molecule has 0 aliphatic carbocycles. The maximum atomic E-state index is 11.9. The first-order valence-corrected chi connectivity index (χ1v) is 7.22. The second-order valence-corrected chi connectivity index (χ2v) is 5.52.